The lowest BCUT2D eigenvalue weighted by molar-refractivity contribution is 0.0994. The fraction of sp³-hybridized carbons (Fsp3) is 0.238. The summed E-state index contributed by atoms with van der Waals surface area (Å²) in [6.07, 6.45) is 2.28. The number of methoxy groups -OCH3 is 1. The Balaban J connectivity index is 1.69. The quantitative estimate of drug-likeness (QED) is 0.672. The molecular formula is C21H19ClFN5O2. The number of halogens is 2. The van der Waals surface area contributed by atoms with Crippen LogP contribution >= 0.6 is 11.6 Å². The number of pyridine rings is 1. The van der Waals surface area contributed by atoms with E-state index in [1.54, 1.807) is 24.4 Å². The Labute approximate surface area is 177 Å². The number of fused-ring (bicyclic) bond motifs is 1. The monoisotopic (exact) mass is 427 g/mol. The second kappa shape index (κ2) is 8.33. The van der Waals surface area contributed by atoms with Crippen molar-refractivity contribution in [1.29, 1.82) is 0 Å². The van der Waals surface area contributed by atoms with Gasteiger partial charge in [-0.1, -0.05) is 11.6 Å². The zero-order valence-corrected chi connectivity index (χ0v) is 17.0. The Morgan fingerprint density at radius 2 is 2.10 bits per heavy atom. The summed E-state index contributed by atoms with van der Waals surface area (Å²) in [4.78, 5) is 26.8. The average molecular weight is 428 g/mol. The first-order chi connectivity index (χ1) is 14.4. The smallest absolute Gasteiger partial charge is 0.316 e. The number of aromatic nitrogens is 3. The summed E-state index contributed by atoms with van der Waals surface area (Å²) in [5.74, 6) is -1.12. The van der Waals surface area contributed by atoms with Crippen molar-refractivity contribution in [3.05, 3.63) is 70.0 Å². The zero-order chi connectivity index (χ0) is 21.3. The van der Waals surface area contributed by atoms with Crippen LogP contribution in [-0.2, 0) is 19.5 Å². The Kier molecular flexibility index (Phi) is 5.61. The van der Waals surface area contributed by atoms with Crippen molar-refractivity contribution in [2.75, 3.05) is 13.7 Å². The summed E-state index contributed by atoms with van der Waals surface area (Å²) in [5.41, 5.74) is 8.98. The first kappa shape index (κ1) is 20.2. The van der Waals surface area contributed by atoms with E-state index in [4.69, 9.17) is 22.1 Å². The van der Waals surface area contributed by atoms with E-state index >= 15 is 0 Å². The van der Waals surface area contributed by atoms with E-state index in [9.17, 15) is 9.18 Å². The number of amides is 1. The van der Waals surface area contributed by atoms with Crippen molar-refractivity contribution in [2.45, 2.75) is 19.5 Å². The summed E-state index contributed by atoms with van der Waals surface area (Å²) in [6.45, 7) is 1.76. The Hall–Kier alpha value is -3.10. The van der Waals surface area contributed by atoms with Gasteiger partial charge in [0.2, 0.25) is 0 Å². The van der Waals surface area contributed by atoms with Crippen molar-refractivity contribution in [3.63, 3.8) is 0 Å². The van der Waals surface area contributed by atoms with Crippen LogP contribution in [0.15, 0.2) is 36.5 Å². The van der Waals surface area contributed by atoms with Crippen LogP contribution in [0.2, 0.25) is 5.02 Å². The molecule has 1 aliphatic heterocycles. The minimum atomic E-state index is -0.661. The number of nitrogens with two attached hydrogens (primary N) is 1. The largest absolute Gasteiger partial charge is 0.467 e. The maximum absolute atomic E-state index is 14.6. The minimum Gasteiger partial charge on any atom is -0.467 e. The number of primary amides is 1. The molecule has 154 valence electrons. The molecule has 0 atom stereocenters. The van der Waals surface area contributed by atoms with Crippen LogP contribution in [0.4, 0.5) is 4.39 Å². The number of rotatable bonds is 5. The third-order valence-electron chi connectivity index (χ3n) is 4.99. The number of nitrogens with zero attached hydrogens (tertiary/aromatic N) is 4. The molecule has 0 spiro atoms. The molecule has 30 heavy (non-hydrogen) atoms. The molecule has 0 unspecified atom stereocenters. The maximum atomic E-state index is 14.6. The van der Waals surface area contributed by atoms with Gasteiger partial charge < -0.3 is 10.5 Å². The molecule has 0 bridgehead atoms. The first-order valence-electron chi connectivity index (χ1n) is 9.31. The van der Waals surface area contributed by atoms with Gasteiger partial charge in [-0.05, 0) is 47.9 Å². The predicted octanol–water partition coefficient (Wildman–Crippen LogP) is 3.00. The zero-order valence-electron chi connectivity index (χ0n) is 16.2. The van der Waals surface area contributed by atoms with Crippen molar-refractivity contribution in [3.8, 4) is 17.1 Å². The van der Waals surface area contributed by atoms with Crippen molar-refractivity contribution >= 4 is 17.5 Å². The molecule has 9 heteroatoms. The Morgan fingerprint density at radius 3 is 2.83 bits per heavy atom. The van der Waals surface area contributed by atoms with E-state index in [1.807, 2.05) is 6.07 Å². The van der Waals surface area contributed by atoms with Gasteiger partial charge in [-0.3, -0.25) is 9.69 Å². The average Bonchev–Trinajstić information content (AvgIpc) is 2.73. The highest BCUT2D eigenvalue weighted by atomic mass is 35.5. The van der Waals surface area contributed by atoms with Gasteiger partial charge in [-0.15, -0.1) is 0 Å². The van der Waals surface area contributed by atoms with Crippen LogP contribution in [-0.4, -0.2) is 39.4 Å². The normalized spacial score (nSPS) is 13.7. The summed E-state index contributed by atoms with van der Waals surface area (Å²) < 4.78 is 19.7. The van der Waals surface area contributed by atoms with Gasteiger partial charge in [0, 0.05) is 36.4 Å². The van der Waals surface area contributed by atoms with Gasteiger partial charge in [-0.25, -0.2) is 14.4 Å². The van der Waals surface area contributed by atoms with Crippen LogP contribution in [0.3, 0.4) is 0 Å². The number of ether oxygens (including phenoxy) is 1. The SMILES string of the molecule is COc1nccc(CN2CCc3c(-c4ccc(Cl)cc4F)cc(C(N)=O)nc3C2)n1. The van der Waals surface area contributed by atoms with Gasteiger partial charge in [0.05, 0.1) is 18.5 Å². The third kappa shape index (κ3) is 4.10. The van der Waals surface area contributed by atoms with Crippen LogP contribution in [0.5, 0.6) is 6.01 Å². The molecule has 0 fully saturated rings. The van der Waals surface area contributed by atoms with Crippen LogP contribution < -0.4 is 10.5 Å². The molecular weight excluding hydrogens is 409 g/mol. The minimum absolute atomic E-state index is 0.101. The predicted molar refractivity (Wildman–Crippen MR) is 110 cm³/mol. The molecule has 0 saturated heterocycles. The Morgan fingerprint density at radius 1 is 1.27 bits per heavy atom. The van der Waals surface area contributed by atoms with E-state index in [2.05, 4.69) is 19.9 Å². The molecule has 4 rings (SSSR count). The topological polar surface area (TPSA) is 94.2 Å². The van der Waals surface area contributed by atoms with E-state index in [0.717, 1.165) is 17.8 Å². The number of carbonyl (C=O) groups excluding carboxylic acids is 1. The third-order valence-corrected chi connectivity index (χ3v) is 5.23. The van der Waals surface area contributed by atoms with E-state index in [0.29, 0.717) is 47.4 Å². The van der Waals surface area contributed by atoms with Crippen molar-refractivity contribution in [1.82, 2.24) is 19.9 Å². The number of hydrogen-bond donors (Lipinski definition) is 1. The van der Waals surface area contributed by atoms with Crippen LogP contribution in [0.25, 0.3) is 11.1 Å². The summed E-state index contributed by atoms with van der Waals surface area (Å²) >= 11 is 5.89. The number of carbonyl (C=O) groups is 1. The fourth-order valence-corrected chi connectivity index (χ4v) is 3.75. The maximum Gasteiger partial charge on any atom is 0.316 e. The van der Waals surface area contributed by atoms with Gasteiger partial charge >= 0.3 is 6.01 Å². The molecule has 2 N–H and O–H groups in total. The lowest BCUT2D eigenvalue weighted by atomic mass is 9.92. The summed E-state index contributed by atoms with van der Waals surface area (Å²) in [7, 11) is 1.52. The lowest BCUT2D eigenvalue weighted by Crippen LogP contribution is -2.32. The summed E-state index contributed by atoms with van der Waals surface area (Å²) in [6, 6.07) is 8.16. The van der Waals surface area contributed by atoms with Crippen LogP contribution in [0.1, 0.15) is 27.4 Å². The molecule has 1 amide bonds. The first-order valence-corrected chi connectivity index (χ1v) is 9.68. The molecule has 1 aliphatic rings. The van der Waals surface area contributed by atoms with Crippen LogP contribution in [0, 0.1) is 5.82 Å². The van der Waals surface area contributed by atoms with Crippen molar-refractivity contribution in [2.24, 2.45) is 5.73 Å². The molecule has 0 aliphatic carbocycles. The molecule has 7 nitrogen and oxygen atoms in total. The second-order valence-corrected chi connectivity index (χ2v) is 7.40. The van der Waals surface area contributed by atoms with Gasteiger partial charge in [0.25, 0.3) is 5.91 Å². The molecule has 3 aromatic rings. The molecule has 0 radical (unpaired) electrons. The highest BCUT2D eigenvalue weighted by Gasteiger charge is 2.24. The van der Waals surface area contributed by atoms with Gasteiger partial charge in [0.1, 0.15) is 11.5 Å². The fourth-order valence-electron chi connectivity index (χ4n) is 3.60. The van der Waals surface area contributed by atoms with E-state index < -0.39 is 11.7 Å². The van der Waals surface area contributed by atoms with Gasteiger partial charge in [0.15, 0.2) is 0 Å². The summed E-state index contributed by atoms with van der Waals surface area (Å²) in [5, 5.41) is 0.306. The van der Waals surface area contributed by atoms with E-state index in [-0.39, 0.29) is 5.69 Å². The molecule has 1 aromatic carbocycles. The van der Waals surface area contributed by atoms with Gasteiger partial charge in [-0.2, -0.15) is 4.98 Å². The lowest BCUT2D eigenvalue weighted by Gasteiger charge is -2.29. The molecule has 2 aromatic heterocycles. The van der Waals surface area contributed by atoms with Crippen molar-refractivity contribution < 1.29 is 13.9 Å². The highest BCUT2D eigenvalue weighted by Crippen LogP contribution is 2.33. The highest BCUT2D eigenvalue weighted by molar-refractivity contribution is 6.30. The molecule has 0 saturated carbocycles. The number of hydrogen-bond acceptors (Lipinski definition) is 6. The van der Waals surface area contributed by atoms with E-state index in [1.165, 1.54) is 13.2 Å². The second-order valence-electron chi connectivity index (χ2n) is 6.96. The number of benzene rings is 1. The molecule has 3 heterocycles. The standard InChI is InChI=1S/C21H19ClFN5O2/c1-30-21-25-6-4-13(26-21)10-28-7-5-15-16(14-3-2-12(22)8-17(14)23)9-18(20(24)29)27-19(15)11-28/h2-4,6,8-9H,5,7,10-11H2,1H3,(H2,24,29). The Bertz CT molecular complexity index is 1120.